The highest BCUT2D eigenvalue weighted by Gasteiger charge is 2.19. The van der Waals surface area contributed by atoms with E-state index >= 15 is 0 Å². The molecule has 0 bridgehead atoms. The molecular formula is C62H112O6. The average molecular weight is 954 g/mol. The van der Waals surface area contributed by atoms with Crippen molar-refractivity contribution in [2.45, 2.75) is 316 Å². The first-order valence-corrected chi connectivity index (χ1v) is 29.6. The van der Waals surface area contributed by atoms with Gasteiger partial charge in [0.05, 0.1) is 0 Å². The lowest BCUT2D eigenvalue weighted by Crippen LogP contribution is -2.30. The van der Waals surface area contributed by atoms with Crippen molar-refractivity contribution in [3.05, 3.63) is 48.6 Å². The van der Waals surface area contributed by atoms with Gasteiger partial charge in [0.1, 0.15) is 13.2 Å². The molecule has 0 spiro atoms. The summed E-state index contributed by atoms with van der Waals surface area (Å²) < 4.78 is 16.9. The number of rotatable bonds is 54. The Bertz CT molecular complexity index is 1190. The van der Waals surface area contributed by atoms with Crippen LogP contribution in [0.4, 0.5) is 0 Å². The van der Waals surface area contributed by atoms with E-state index in [0.29, 0.717) is 19.3 Å². The highest BCUT2D eigenvalue weighted by atomic mass is 16.6. The summed E-state index contributed by atoms with van der Waals surface area (Å²) >= 11 is 0. The number of carbonyl (C=O) groups excluding carboxylic acids is 3. The van der Waals surface area contributed by atoms with Gasteiger partial charge < -0.3 is 14.2 Å². The molecule has 0 saturated heterocycles. The van der Waals surface area contributed by atoms with Crippen molar-refractivity contribution in [1.29, 1.82) is 0 Å². The second-order valence-corrected chi connectivity index (χ2v) is 19.9. The summed E-state index contributed by atoms with van der Waals surface area (Å²) in [5.74, 6) is -0.878. The first-order chi connectivity index (χ1) is 33.5. The summed E-state index contributed by atoms with van der Waals surface area (Å²) in [5, 5.41) is 0. The molecule has 68 heavy (non-hydrogen) atoms. The van der Waals surface area contributed by atoms with Crippen LogP contribution < -0.4 is 0 Å². The number of esters is 3. The fourth-order valence-corrected chi connectivity index (χ4v) is 8.56. The van der Waals surface area contributed by atoms with Crippen LogP contribution in [0.2, 0.25) is 0 Å². The van der Waals surface area contributed by atoms with Gasteiger partial charge in [-0.1, -0.05) is 256 Å². The molecule has 0 fully saturated rings. The normalized spacial score (nSPS) is 12.3. The molecule has 0 rings (SSSR count). The lowest BCUT2D eigenvalue weighted by Gasteiger charge is -2.18. The largest absolute Gasteiger partial charge is 0.462 e. The molecule has 0 aromatic rings. The van der Waals surface area contributed by atoms with Crippen molar-refractivity contribution in [3.8, 4) is 0 Å². The van der Waals surface area contributed by atoms with Crippen LogP contribution in [0.15, 0.2) is 48.6 Å². The van der Waals surface area contributed by atoms with Crippen LogP contribution in [0.3, 0.4) is 0 Å². The van der Waals surface area contributed by atoms with Gasteiger partial charge in [0, 0.05) is 19.3 Å². The molecule has 0 heterocycles. The molecular weight excluding hydrogens is 841 g/mol. The highest BCUT2D eigenvalue weighted by molar-refractivity contribution is 5.71. The fourth-order valence-electron chi connectivity index (χ4n) is 8.56. The number of hydrogen-bond donors (Lipinski definition) is 0. The number of hydrogen-bond acceptors (Lipinski definition) is 6. The Kier molecular flexibility index (Phi) is 54.8. The van der Waals surface area contributed by atoms with Crippen molar-refractivity contribution in [2.24, 2.45) is 0 Å². The maximum absolute atomic E-state index is 12.8. The van der Waals surface area contributed by atoms with Crippen molar-refractivity contribution in [3.63, 3.8) is 0 Å². The van der Waals surface area contributed by atoms with Gasteiger partial charge in [-0.2, -0.15) is 0 Å². The van der Waals surface area contributed by atoms with Crippen LogP contribution in [0.1, 0.15) is 310 Å². The summed E-state index contributed by atoms with van der Waals surface area (Å²) in [4.78, 5) is 38.1. The topological polar surface area (TPSA) is 78.9 Å². The lowest BCUT2D eigenvalue weighted by molar-refractivity contribution is -0.167. The molecule has 1 unspecified atom stereocenters. The Balaban J connectivity index is 4.31. The maximum atomic E-state index is 12.8. The third kappa shape index (κ3) is 54.3. The van der Waals surface area contributed by atoms with E-state index in [9.17, 15) is 14.4 Å². The Hall–Kier alpha value is -2.63. The SMILES string of the molecule is CCCCCCC/C=C\C/C=C\C/C=C\CCCCCCCCCCC(=O)OCC(COC(=O)CCCCCCCCCCCCCCC)OC(=O)CCCCCCC/C=C\CCCCCCC. The van der Waals surface area contributed by atoms with E-state index in [1.807, 2.05) is 0 Å². The molecule has 0 amide bonds. The zero-order valence-corrected chi connectivity index (χ0v) is 45.4. The van der Waals surface area contributed by atoms with E-state index < -0.39 is 6.10 Å². The van der Waals surface area contributed by atoms with Crippen LogP contribution in [0.5, 0.6) is 0 Å². The molecule has 0 aliphatic rings. The zero-order chi connectivity index (χ0) is 49.3. The molecule has 396 valence electrons. The number of allylic oxidation sites excluding steroid dienone is 8. The number of ether oxygens (including phenoxy) is 3. The van der Waals surface area contributed by atoms with Crippen LogP contribution in [0, 0.1) is 0 Å². The summed E-state index contributed by atoms with van der Waals surface area (Å²) in [6.45, 7) is 6.64. The minimum absolute atomic E-state index is 0.0758. The van der Waals surface area contributed by atoms with Gasteiger partial charge in [0.25, 0.3) is 0 Å². The van der Waals surface area contributed by atoms with Crippen molar-refractivity contribution >= 4 is 17.9 Å². The number of carbonyl (C=O) groups is 3. The third-order valence-electron chi connectivity index (χ3n) is 13.1. The Morgan fingerprint density at radius 3 is 0.838 bits per heavy atom. The van der Waals surface area contributed by atoms with Gasteiger partial charge in [-0.3, -0.25) is 14.4 Å². The molecule has 1 atom stereocenters. The predicted molar refractivity (Wildman–Crippen MR) is 293 cm³/mol. The Labute approximate surface area is 422 Å². The molecule has 0 aromatic heterocycles. The minimum Gasteiger partial charge on any atom is -0.462 e. The van der Waals surface area contributed by atoms with E-state index in [-0.39, 0.29) is 31.1 Å². The third-order valence-corrected chi connectivity index (χ3v) is 13.1. The zero-order valence-electron chi connectivity index (χ0n) is 45.4. The molecule has 0 aromatic carbocycles. The van der Waals surface area contributed by atoms with Crippen molar-refractivity contribution in [1.82, 2.24) is 0 Å². The monoisotopic (exact) mass is 953 g/mol. The summed E-state index contributed by atoms with van der Waals surface area (Å²) in [5.41, 5.74) is 0. The quantitative estimate of drug-likeness (QED) is 0.0262. The lowest BCUT2D eigenvalue weighted by atomic mass is 10.0. The fraction of sp³-hybridized carbons (Fsp3) is 0.823. The molecule has 0 aliphatic carbocycles. The molecule has 0 N–H and O–H groups in total. The summed E-state index contributed by atoms with van der Waals surface area (Å²) in [7, 11) is 0. The average Bonchev–Trinajstić information content (AvgIpc) is 3.34. The maximum Gasteiger partial charge on any atom is 0.306 e. The first-order valence-electron chi connectivity index (χ1n) is 29.6. The predicted octanol–water partition coefficient (Wildman–Crippen LogP) is 19.8. The highest BCUT2D eigenvalue weighted by Crippen LogP contribution is 2.16. The van der Waals surface area contributed by atoms with Gasteiger partial charge in [0.15, 0.2) is 6.10 Å². The van der Waals surface area contributed by atoms with E-state index in [0.717, 1.165) is 83.5 Å². The second kappa shape index (κ2) is 57.0. The molecule has 6 nitrogen and oxygen atoms in total. The van der Waals surface area contributed by atoms with Gasteiger partial charge in [-0.05, 0) is 83.5 Å². The van der Waals surface area contributed by atoms with E-state index in [1.165, 1.54) is 186 Å². The van der Waals surface area contributed by atoms with Crippen molar-refractivity contribution < 1.29 is 28.6 Å². The second-order valence-electron chi connectivity index (χ2n) is 19.9. The van der Waals surface area contributed by atoms with Gasteiger partial charge in [-0.25, -0.2) is 0 Å². The van der Waals surface area contributed by atoms with Gasteiger partial charge in [0.2, 0.25) is 0 Å². The number of unbranched alkanes of at least 4 members (excludes halogenated alkanes) is 35. The molecule has 6 heteroatoms. The molecule has 0 radical (unpaired) electrons. The molecule has 0 aliphatic heterocycles. The Morgan fingerprint density at radius 2 is 0.529 bits per heavy atom. The first kappa shape index (κ1) is 65.4. The standard InChI is InChI=1S/C62H112O6/c1-4-7-10-13-16-19-22-25-27-28-29-30-31-32-33-34-35-38-40-43-46-49-52-55-61(64)67-58-59(57-66-60(63)54-51-48-45-42-39-36-24-21-18-15-12-9-6-3)68-62(65)56-53-50-47-44-41-37-26-23-20-17-14-11-8-5-2/h22-23,25-26,28-29,31-32,59H,4-21,24,27,30,33-58H2,1-3H3/b25-22-,26-23-,29-28-,32-31-. The van der Waals surface area contributed by atoms with E-state index in [4.69, 9.17) is 14.2 Å². The smallest absolute Gasteiger partial charge is 0.306 e. The summed E-state index contributed by atoms with van der Waals surface area (Å²) in [6.07, 6.45) is 69.6. The van der Waals surface area contributed by atoms with Crippen molar-refractivity contribution in [2.75, 3.05) is 13.2 Å². The summed E-state index contributed by atoms with van der Waals surface area (Å²) in [6, 6.07) is 0. The van der Waals surface area contributed by atoms with Gasteiger partial charge >= 0.3 is 17.9 Å². The minimum atomic E-state index is -0.778. The van der Waals surface area contributed by atoms with Crippen LogP contribution in [0.25, 0.3) is 0 Å². The molecule has 0 saturated carbocycles. The van der Waals surface area contributed by atoms with Crippen LogP contribution in [-0.4, -0.2) is 37.2 Å². The van der Waals surface area contributed by atoms with Crippen LogP contribution >= 0.6 is 0 Å². The van der Waals surface area contributed by atoms with Gasteiger partial charge in [-0.15, -0.1) is 0 Å². The van der Waals surface area contributed by atoms with E-state index in [1.54, 1.807) is 0 Å². The Morgan fingerprint density at radius 1 is 0.294 bits per heavy atom. The van der Waals surface area contributed by atoms with E-state index in [2.05, 4.69) is 69.4 Å². The van der Waals surface area contributed by atoms with Crippen LogP contribution in [-0.2, 0) is 28.6 Å².